The van der Waals surface area contributed by atoms with Crippen LogP contribution in [0.15, 0.2) is 24.3 Å². The number of nitrogens with one attached hydrogen (secondary N) is 1. The van der Waals surface area contributed by atoms with E-state index in [4.69, 9.17) is 9.84 Å². The Hall–Kier alpha value is -2.11. The number of carboxylic acid groups (broad SMARTS) is 1. The van der Waals surface area contributed by atoms with Crippen molar-refractivity contribution in [1.82, 2.24) is 0 Å². The molecule has 1 rings (SSSR count). The van der Waals surface area contributed by atoms with Crippen LogP contribution in [-0.4, -0.2) is 28.7 Å². The van der Waals surface area contributed by atoms with E-state index in [1.165, 1.54) is 12.1 Å². The highest BCUT2D eigenvalue weighted by molar-refractivity contribution is 6.01. The van der Waals surface area contributed by atoms with E-state index in [1.54, 1.807) is 20.8 Å². The normalized spacial score (nSPS) is 12.6. The SMILES string of the molecule is CC(C)(C)OC(=O)C(Nc1ccc(F)cc1)C(=O)O. The Morgan fingerprint density at radius 1 is 1.26 bits per heavy atom. The molecule has 0 aliphatic heterocycles. The number of carboxylic acids is 1. The fourth-order valence-electron chi connectivity index (χ4n) is 1.29. The molecule has 1 unspecified atom stereocenters. The Bertz CT molecular complexity index is 465. The number of halogens is 1. The van der Waals surface area contributed by atoms with Gasteiger partial charge in [0.2, 0.25) is 6.04 Å². The van der Waals surface area contributed by atoms with Crippen LogP contribution >= 0.6 is 0 Å². The summed E-state index contributed by atoms with van der Waals surface area (Å²) in [6, 6.07) is 3.47. The van der Waals surface area contributed by atoms with E-state index in [1.807, 2.05) is 0 Å². The Morgan fingerprint density at radius 2 is 1.79 bits per heavy atom. The minimum absolute atomic E-state index is 0.319. The third kappa shape index (κ3) is 4.95. The monoisotopic (exact) mass is 269 g/mol. The lowest BCUT2D eigenvalue weighted by Gasteiger charge is -2.23. The number of esters is 1. The highest BCUT2D eigenvalue weighted by atomic mass is 19.1. The molecule has 19 heavy (non-hydrogen) atoms. The largest absolute Gasteiger partial charge is 0.479 e. The van der Waals surface area contributed by atoms with E-state index in [9.17, 15) is 14.0 Å². The van der Waals surface area contributed by atoms with Crippen LogP contribution in [0.1, 0.15) is 20.8 Å². The van der Waals surface area contributed by atoms with E-state index >= 15 is 0 Å². The first-order valence-electron chi connectivity index (χ1n) is 5.67. The van der Waals surface area contributed by atoms with E-state index in [0.717, 1.165) is 12.1 Å². The van der Waals surface area contributed by atoms with Crippen molar-refractivity contribution in [2.75, 3.05) is 5.32 Å². The van der Waals surface area contributed by atoms with E-state index in [2.05, 4.69) is 5.32 Å². The minimum atomic E-state index is -1.54. The zero-order valence-electron chi connectivity index (χ0n) is 10.9. The van der Waals surface area contributed by atoms with Crippen molar-refractivity contribution < 1.29 is 23.8 Å². The lowest BCUT2D eigenvalue weighted by Crippen LogP contribution is -2.42. The topological polar surface area (TPSA) is 75.6 Å². The number of hydrogen-bond acceptors (Lipinski definition) is 4. The van der Waals surface area contributed by atoms with Gasteiger partial charge >= 0.3 is 11.9 Å². The molecule has 0 aliphatic rings. The minimum Gasteiger partial charge on any atom is -0.479 e. The third-order valence-corrected chi connectivity index (χ3v) is 2.04. The van der Waals surface area contributed by atoms with Gasteiger partial charge in [-0.3, -0.25) is 0 Å². The summed E-state index contributed by atoms with van der Waals surface area (Å²) < 4.78 is 17.7. The zero-order chi connectivity index (χ0) is 14.6. The molecule has 0 bridgehead atoms. The fourth-order valence-corrected chi connectivity index (χ4v) is 1.29. The molecule has 1 aromatic rings. The van der Waals surface area contributed by atoms with Gasteiger partial charge < -0.3 is 15.2 Å². The van der Waals surface area contributed by atoms with E-state index < -0.39 is 29.4 Å². The number of hydrogen-bond donors (Lipinski definition) is 2. The van der Waals surface area contributed by atoms with Crippen LogP contribution in [0.2, 0.25) is 0 Å². The van der Waals surface area contributed by atoms with Crippen molar-refractivity contribution in [3.63, 3.8) is 0 Å². The summed E-state index contributed by atoms with van der Waals surface area (Å²) in [7, 11) is 0. The number of anilines is 1. The lowest BCUT2D eigenvalue weighted by atomic mass is 10.2. The van der Waals surface area contributed by atoms with Gasteiger partial charge in [-0.15, -0.1) is 0 Å². The summed E-state index contributed by atoms with van der Waals surface area (Å²) in [5.74, 6) is -2.71. The quantitative estimate of drug-likeness (QED) is 0.646. The number of aliphatic carboxylic acids is 1. The molecule has 0 spiro atoms. The van der Waals surface area contributed by atoms with Gasteiger partial charge in [0.25, 0.3) is 0 Å². The van der Waals surface area contributed by atoms with Gasteiger partial charge in [0.15, 0.2) is 0 Å². The maximum atomic E-state index is 12.7. The lowest BCUT2D eigenvalue weighted by molar-refractivity contribution is -0.160. The standard InChI is InChI=1S/C13H16FNO4/c1-13(2,3)19-12(18)10(11(16)17)15-9-6-4-8(14)5-7-9/h4-7,10,15H,1-3H3,(H,16,17). The Kier molecular flexibility index (Phi) is 4.47. The first-order chi connectivity index (χ1) is 8.69. The summed E-state index contributed by atoms with van der Waals surface area (Å²) in [4.78, 5) is 22.8. The Balaban J connectivity index is 2.81. The van der Waals surface area contributed by atoms with Crippen LogP contribution in [0, 0.1) is 5.82 Å². The molecular formula is C13H16FNO4. The molecule has 0 amide bonds. The molecule has 2 N–H and O–H groups in total. The molecule has 0 aromatic heterocycles. The highest BCUT2D eigenvalue weighted by Gasteiger charge is 2.31. The van der Waals surface area contributed by atoms with Crippen LogP contribution in [0.25, 0.3) is 0 Å². The number of carbonyl (C=O) groups excluding carboxylic acids is 1. The maximum Gasteiger partial charge on any atom is 0.340 e. The summed E-state index contributed by atoms with van der Waals surface area (Å²) in [5, 5.41) is 11.5. The van der Waals surface area contributed by atoms with Gasteiger partial charge in [-0.05, 0) is 45.0 Å². The van der Waals surface area contributed by atoms with Crippen LogP contribution in [0.3, 0.4) is 0 Å². The summed E-state index contributed by atoms with van der Waals surface area (Å²) >= 11 is 0. The molecule has 0 saturated carbocycles. The van der Waals surface area contributed by atoms with Gasteiger partial charge in [0.05, 0.1) is 0 Å². The van der Waals surface area contributed by atoms with Gasteiger partial charge in [-0.2, -0.15) is 0 Å². The maximum absolute atomic E-state index is 12.7. The molecule has 0 heterocycles. The first kappa shape index (κ1) is 14.9. The van der Waals surface area contributed by atoms with E-state index in [-0.39, 0.29) is 0 Å². The first-order valence-corrected chi connectivity index (χ1v) is 5.67. The van der Waals surface area contributed by atoms with Crippen molar-refractivity contribution in [1.29, 1.82) is 0 Å². The molecule has 0 saturated heterocycles. The predicted octanol–water partition coefficient (Wildman–Crippen LogP) is 2.03. The number of benzene rings is 1. The number of rotatable bonds is 4. The Morgan fingerprint density at radius 3 is 2.21 bits per heavy atom. The highest BCUT2D eigenvalue weighted by Crippen LogP contribution is 2.13. The Labute approximate surface area is 110 Å². The van der Waals surface area contributed by atoms with Crippen molar-refractivity contribution in [3.05, 3.63) is 30.1 Å². The van der Waals surface area contributed by atoms with Gasteiger partial charge in [-0.1, -0.05) is 0 Å². The molecular weight excluding hydrogens is 253 g/mol. The van der Waals surface area contributed by atoms with Gasteiger partial charge in [0.1, 0.15) is 11.4 Å². The average Bonchev–Trinajstić information content (AvgIpc) is 2.25. The van der Waals surface area contributed by atoms with Crippen LogP contribution in [-0.2, 0) is 14.3 Å². The van der Waals surface area contributed by atoms with E-state index in [0.29, 0.717) is 5.69 Å². The summed E-state index contributed by atoms with van der Waals surface area (Å²) in [6.07, 6.45) is 0. The van der Waals surface area contributed by atoms with Crippen molar-refractivity contribution >= 4 is 17.6 Å². The van der Waals surface area contributed by atoms with Crippen LogP contribution < -0.4 is 5.32 Å². The number of carbonyl (C=O) groups is 2. The second-order valence-corrected chi connectivity index (χ2v) is 4.96. The zero-order valence-corrected chi connectivity index (χ0v) is 10.9. The molecule has 1 aromatic carbocycles. The molecule has 5 nitrogen and oxygen atoms in total. The number of ether oxygens (including phenoxy) is 1. The summed E-state index contributed by atoms with van der Waals surface area (Å²) in [6.45, 7) is 4.92. The molecule has 0 fully saturated rings. The fraction of sp³-hybridized carbons (Fsp3) is 0.385. The van der Waals surface area contributed by atoms with Crippen LogP contribution in [0.4, 0.5) is 10.1 Å². The second kappa shape index (κ2) is 5.69. The predicted molar refractivity (Wildman–Crippen MR) is 67.3 cm³/mol. The van der Waals surface area contributed by atoms with Crippen molar-refractivity contribution in [2.24, 2.45) is 0 Å². The van der Waals surface area contributed by atoms with Gasteiger partial charge in [-0.25, -0.2) is 14.0 Å². The van der Waals surface area contributed by atoms with Gasteiger partial charge in [0, 0.05) is 5.69 Å². The smallest absolute Gasteiger partial charge is 0.340 e. The van der Waals surface area contributed by atoms with Crippen LogP contribution in [0.5, 0.6) is 0 Å². The second-order valence-electron chi connectivity index (χ2n) is 4.96. The molecule has 1 atom stereocenters. The van der Waals surface area contributed by atoms with Crippen molar-refractivity contribution in [3.8, 4) is 0 Å². The third-order valence-electron chi connectivity index (χ3n) is 2.04. The molecule has 0 radical (unpaired) electrons. The van der Waals surface area contributed by atoms with Crippen molar-refractivity contribution in [2.45, 2.75) is 32.4 Å². The average molecular weight is 269 g/mol. The summed E-state index contributed by atoms with van der Waals surface area (Å²) in [5.41, 5.74) is -0.463. The molecule has 104 valence electrons. The molecule has 6 heteroatoms. The molecule has 0 aliphatic carbocycles.